The molecule has 0 N–H and O–H groups in total. The van der Waals surface area contributed by atoms with Crippen LogP contribution in [-0.4, -0.2) is 37.1 Å². The van der Waals surface area contributed by atoms with Gasteiger partial charge in [0.15, 0.2) is 0 Å². The summed E-state index contributed by atoms with van der Waals surface area (Å²) in [7, 11) is 0. The van der Waals surface area contributed by atoms with Crippen molar-refractivity contribution in [3.63, 3.8) is 0 Å². The Bertz CT molecular complexity index is 382. The highest BCUT2D eigenvalue weighted by Crippen LogP contribution is 2.22. The molecule has 0 aromatic heterocycles. The average molecular weight is 236 g/mol. The van der Waals surface area contributed by atoms with Gasteiger partial charge < -0.3 is 4.90 Å². The van der Waals surface area contributed by atoms with Crippen LogP contribution in [0.5, 0.6) is 0 Å². The van der Waals surface area contributed by atoms with Crippen LogP contribution in [0.3, 0.4) is 0 Å². The molecule has 17 heavy (non-hydrogen) atoms. The van der Waals surface area contributed by atoms with Gasteiger partial charge in [-0.3, -0.25) is 4.90 Å². The molecule has 1 aliphatic rings. The number of aryl methyl sites for hydroxylation is 1. The van der Waals surface area contributed by atoms with Gasteiger partial charge >= 0.3 is 0 Å². The number of benzene rings is 1. The molecule has 1 aliphatic heterocycles. The summed E-state index contributed by atoms with van der Waals surface area (Å²) in [5.74, 6) is -0.0944. The molecule has 0 aliphatic carbocycles. The summed E-state index contributed by atoms with van der Waals surface area (Å²) in [5.41, 5.74) is 1.73. The lowest BCUT2D eigenvalue weighted by atomic mass is 10.1. The number of anilines is 1. The molecular weight excluding hydrogens is 215 g/mol. The minimum Gasteiger partial charge on any atom is -0.367 e. The third-order valence-corrected chi connectivity index (χ3v) is 3.49. The first-order valence-electron chi connectivity index (χ1n) is 6.33. The normalized spacial score (nSPS) is 17.8. The lowest BCUT2D eigenvalue weighted by Gasteiger charge is -2.38. The van der Waals surface area contributed by atoms with Gasteiger partial charge in [-0.25, -0.2) is 4.39 Å². The SMILES string of the molecule is Cc1ccc(N2CCN(C(C)C)CC2)c(F)c1. The molecule has 0 unspecified atom stereocenters. The Hall–Kier alpha value is -1.09. The maximum Gasteiger partial charge on any atom is 0.146 e. The summed E-state index contributed by atoms with van der Waals surface area (Å²) in [6.07, 6.45) is 0. The van der Waals surface area contributed by atoms with Gasteiger partial charge in [-0.15, -0.1) is 0 Å². The first-order valence-corrected chi connectivity index (χ1v) is 6.33. The second kappa shape index (κ2) is 5.05. The second-order valence-corrected chi connectivity index (χ2v) is 5.07. The minimum absolute atomic E-state index is 0.0944. The van der Waals surface area contributed by atoms with Gasteiger partial charge in [0.1, 0.15) is 5.82 Å². The van der Waals surface area contributed by atoms with E-state index in [1.165, 1.54) is 0 Å². The smallest absolute Gasteiger partial charge is 0.146 e. The average Bonchev–Trinajstić information content (AvgIpc) is 2.29. The van der Waals surface area contributed by atoms with E-state index in [0.29, 0.717) is 6.04 Å². The molecule has 2 rings (SSSR count). The van der Waals surface area contributed by atoms with Crippen LogP contribution in [-0.2, 0) is 0 Å². The van der Waals surface area contributed by atoms with E-state index in [4.69, 9.17) is 0 Å². The number of rotatable bonds is 2. The van der Waals surface area contributed by atoms with Gasteiger partial charge in [0, 0.05) is 32.2 Å². The summed E-state index contributed by atoms with van der Waals surface area (Å²) in [6.45, 7) is 10.2. The number of hydrogen-bond acceptors (Lipinski definition) is 2. The molecule has 1 aromatic rings. The summed E-state index contributed by atoms with van der Waals surface area (Å²) >= 11 is 0. The van der Waals surface area contributed by atoms with Gasteiger partial charge in [-0.2, -0.15) is 0 Å². The number of halogens is 1. The van der Waals surface area contributed by atoms with Crippen LogP contribution in [0.15, 0.2) is 18.2 Å². The van der Waals surface area contributed by atoms with E-state index in [2.05, 4.69) is 23.6 Å². The predicted octanol–water partition coefficient (Wildman–Crippen LogP) is 2.66. The monoisotopic (exact) mass is 236 g/mol. The van der Waals surface area contributed by atoms with Gasteiger partial charge in [0.25, 0.3) is 0 Å². The van der Waals surface area contributed by atoms with E-state index < -0.39 is 0 Å². The van der Waals surface area contributed by atoms with Gasteiger partial charge in [-0.1, -0.05) is 6.07 Å². The Morgan fingerprint density at radius 3 is 2.29 bits per heavy atom. The predicted molar refractivity (Wildman–Crippen MR) is 70.1 cm³/mol. The lowest BCUT2D eigenvalue weighted by molar-refractivity contribution is 0.209. The molecule has 1 saturated heterocycles. The third kappa shape index (κ3) is 2.78. The molecule has 94 valence electrons. The van der Waals surface area contributed by atoms with Gasteiger partial charge in [0.05, 0.1) is 5.69 Å². The molecule has 0 atom stereocenters. The van der Waals surface area contributed by atoms with Crippen molar-refractivity contribution in [2.75, 3.05) is 31.1 Å². The Balaban J connectivity index is 2.05. The van der Waals surface area contributed by atoms with Crippen LogP contribution in [0.1, 0.15) is 19.4 Å². The highest BCUT2D eigenvalue weighted by Gasteiger charge is 2.20. The maximum atomic E-state index is 13.8. The maximum absolute atomic E-state index is 13.8. The van der Waals surface area contributed by atoms with E-state index >= 15 is 0 Å². The third-order valence-electron chi connectivity index (χ3n) is 3.49. The molecular formula is C14H21FN2. The van der Waals surface area contributed by atoms with Crippen LogP contribution in [0, 0.1) is 12.7 Å². The highest BCUT2D eigenvalue weighted by molar-refractivity contribution is 5.49. The Morgan fingerprint density at radius 2 is 1.76 bits per heavy atom. The van der Waals surface area contributed by atoms with E-state index in [1.807, 2.05) is 19.1 Å². The molecule has 1 fully saturated rings. The molecule has 1 aromatic carbocycles. The van der Waals surface area contributed by atoms with Gasteiger partial charge in [0.2, 0.25) is 0 Å². The fourth-order valence-electron chi connectivity index (χ4n) is 2.35. The second-order valence-electron chi connectivity index (χ2n) is 5.07. The van der Waals surface area contributed by atoms with Crippen molar-refractivity contribution in [1.29, 1.82) is 0 Å². The first-order chi connectivity index (χ1) is 8.08. The van der Waals surface area contributed by atoms with E-state index in [9.17, 15) is 4.39 Å². The summed E-state index contributed by atoms with van der Waals surface area (Å²) in [6, 6.07) is 6.08. The van der Waals surface area contributed by atoms with E-state index in [-0.39, 0.29) is 5.82 Å². The van der Waals surface area contributed by atoms with Crippen LogP contribution in [0.4, 0.5) is 10.1 Å². The Morgan fingerprint density at radius 1 is 1.12 bits per heavy atom. The highest BCUT2D eigenvalue weighted by atomic mass is 19.1. The molecule has 2 nitrogen and oxygen atoms in total. The van der Waals surface area contributed by atoms with Crippen LogP contribution in [0.2, 0.25) is 0 Å². The molecule has 0 radical (unpaired) electrons. The van der Waals surface area contributed by atoms with Gasteiger partial charge in [-0.05, 0) is 38.5 Å². The fraction of sp³-hybridized carbons (Fsp3) is 0.571. The van der Waals surface area contributed by atoms with Crippen molar-refractivity contribution in [2.45, 2.75) is 26.8 Å². The van der Waals surface area contributed by atoms with Crippen LogP contribution >= 0.6 is 0 Å². The lowest BCUT2D eigenvalue weighted by Crippen LogP contribution is -2.49. The Kier molecular flexibility index (Phi) is 3.67. The quantitative estimate of drug-likeness (QED) is 0.779. The summed E-state index contributed by atoms with van der Waals surface area (Å²) in [4.78, 5) is 4.58. The van der Waals surface area contributed by atoms with Crippen molar-refractivity contribution >= 4 is 5.69 Å². The number of nitrogens with zero attached hydrogens (tertiary/aromatic N) is 2. The molecule has 0 spiro atoms. The van der Waals surface area contributed by atoms with Crippen LogP contribution in [0.25, 0.3) is 0 Å². The van der Waals surface area contributed by atoms with Crippen molar-refractivity contribution in [2.24, 2.45) is 0 Å². The zero-order chi connectivity index (χ0) is 12.4. The zero-order valence-electron chi connectivity index (χ0n) is 10.9. The summed E-state index contributed by atoms with van der Waals surface area (Å²) in [5, 5.41) is 0. The molecule has 0 saturated carbocycles. The fourth-order valence-corrected chi connectivity index (χ4v) is 2.35. The summed E-state index contributed by atoms with van der Waals surface area (Å²) < 4.78 is 13.8. The van der Waals surface area contributed by atoms with E-state index in [0.717, 1.165) is 37.4 Å². The zero-order valence-corrected chi connectivity index (χ0v) is 10.9. The molecule has 0 amide bonds. The molecule has 0 bridgehead atoms. The van der Waals surface area contributed by atoms with Crippen molar-refractivity contribution < 1.29 is 4.39 Å². The molecule has 1 heterocycles. The standard InChI is InChI=1S/C14H21FN2/c1-11(2)16-6-8-17(9-7-16)14-5-4-12(3)10-13(14)15/h4-5,10-11H,6-9H2,1-3H3. The largest absolute Gasteiger partial charge is 0.367 e. The van der Waals surface area contributed by atoms with Crippen molar-refractivity contribution in [3.8, 4) is 0 Å². The number of piperazine rings is 1. The topological polar surface area (TPSA) is 6.48 Å². The van der Waals surface area contributed by atoms with Crippen molar-refractivity contribution in [1.82, 2.24) is 4.90 Å². The minimum atomic E-state index is -0.0944. The van der Waals surface area contributed by atoms with E-state index in [1.54, 1.807) is 6.07 Å². The Labute approximate surface area is 103 Å². The van der Waals surface area contributed by atoms with Crippen LogP contribution < -0.4 is 4.90 Å². The first kappa shape index (κ1) is 12.4. The molecule has 3 heteroatoms. The number of hydrogen-bond donors (Lipinski definition) is 0. The van der Waals surface area contributed by atoms with Crippen molar-refractivity contribution in [3.05, 3.63) is 29.6 Å².